The summed E-state index contributed by atoms with van der Waals surface area (Å²) in [6.45, 7) is 4.82. The molecule has 3 aliphatic carbocycles. The number of nitrogens with zero attached hydrogens (tertiary/aromatic N) is 2. The van der Waals surface area contributed by atoms with Crippen LogP contribution in [0.3, 0.4) is 0 Å². The van der Waals surface area contributed by atoms with E-state index in [2.05, 4.69) is 134 Å². The lowest BCUT2D eigenvalue weighted by molar-refractivity contribution is 0.353. The number of hydrogen-bond acceptors (Lipinski definition) is 3. The summed E-state index contributed by atoms with van der Waals surface area (Å²) in [5, 5.41) is 3.56. The average Bonchev–Trinajstić information content (AvgIpc) is 3.58. The number of amidine groups is 2. The van der Waals surface area contributed by atoms with E-state index in [0.717, 1.165) is 28.4 Å². The van der Waals surface area contributed by atoms with Crippen molar-refractivity contribution in [1.29, 1.82) is 0 Å². The molecular weight excluding hydrogens is 619 g/mol. The van der Waals surface area contributed by atoms with Crippen molar-refractivity contribution in [3.8, 4) is 33.4 Å². The largest absolute Gasteiger partial charge is 0.344 e. The topological polar surface area (TPSA) is 36.8 Å². The molecule has 0 amide bonds. The van der Waals surface area contributed by atoms with Crippen molar-refractivity contribution >= 4 is 11.7 Å². The lowest BCUT2D eigenvalue weighted by atomic mass is 9.67. The summed E-state index contributed by atoms with van der Waals surface area (Å²) >= 11 is 0. The van der Waals surface area contributed by atoms with Crippen molar-refractivity contribution in [3.05, 3.63) is 178 Å². The molecule has 0 radical (unpaired) electrons. The van der Waals surface area contributed by atoms with E-state index in [0.29, 0.717) is 0 Å². The normalized spacial score (nSPS) is 18.9. The third-order valence-electron chi connectivity index (χ3n) is 12.2. The SMILES string of the molecule is CC1(C)c2cc(-c3ccc(C4=NC(c5ccccc5)NC(c5ccccc5)=N4)cc3)ccc2-c2cc3c(cc21)-c1ccccc1C31CCCCC1. The highest BCUT2D eigenvalue weighted by atomic mass is 15.2. The molecule has 0 bridgehead atoms. The number of benzene rings is 6. The highest BCUT2D eigenvalue weighted by Crippen LogP contribution is 2.59. The summed E-state index contributed by atoms with van der Waals surface area (Å²) in [6, 6.07) is 51.1. The van der Waals surface area contributed by atoms with Crippen molar-refractivity contribution in [2.75, 3.05) is 0 Å². The molecule has 3 heteroatoms. The summed E-state index contributed by atoms with van der Waals surface area (Å²) in [4.78, 5) is 10.1. The molecule has 1 spiro atoms. The van der Waals surface area contributed by atoms with Crippen LogP contribution in [0.25, 0.3) is 33.4 Å². The zero-order valence-electron chi connectivity index (χ0n) is 29.3. The molecule has 6 aromatic carbocycles. The van der Waals surface area contributed by atoms with E-state index in [1.54, 1.807) is 11.1 Å². The number of aliphatic imine (C=N–C) groups is 2. The maximum Gasteiger partial charge on any atom is 0.159 e. The van der Waals surface area contributed by atoms with Gasteiger partial charge in [0.2, 0.25) is 0 Å². The number of fused-ring (bicyclic) bond motifs is 8. The minimum absolute atomic E-state index is 0.0915. The zero-order valence-corrected chi connectivity index (χ0v) is 29.3. The molecule has 1 atom stereocenters. The Morgan fingerprint density at radius 3 is 1.90 bits per heavy atom. The van der Waals surface area contributed by atoms with Crippen molar-refractivity contribution in [3.63, 3.8) is 0 Å². The van der Waals surface area contributed by atoms with Gasteiger partial charge in [0.1, 0.15) is 12.0 Å². The molecule has 1 heterocycles. The summed E-state index contributed by atoms with van der Waals surface area (Å²) in [5.74, 6) is 1.58. The van der Waals surface area contributed by atoms with E-state index in [1.165, 1.54) is 76.6 Å². The summed E-state index contributed by atoms with van der Waals surface area (Å²) in [6.07, 6.45) is 6.29. The number of nitrogens with one attached hydrogen (secondary N) is 1. The molecule has 1 unspecified atom stereocenters. The molecule has 3 nitrogen and oxygen atoms in total. The molecule has 0 aromatic heterocycles. The van der Waals surface area contributed by atoms with Gasteiger partial charge in [-0.15, -0.1) is 0 Å². The second-order valence-corrected chi connectivity index (χ2v) is 15.3. The number of hydrogen-bond donors (Lipinski definition) is 1. The third kappa shape index (κ3) is 4.71. The Morgan fingerprint density at radius 2 is 1.12 bits per heavy atom. The Labute approximate surface area is 300 Å². The van der Waals surface area contributed by atoms with Crippen LogP contribution < -0.4 is 5.32 Å². The van der Waals surface area contributed by atoms with E-state index in [-0.39, 0.29) is 17.0 Å². The Bertz CT molecular complexity index is 2380. The van der Waals surface area contributed by atoms with Gasteiger partial charge in [-0.2, -0.15) is 0 Å². The van der Waals surface area contributed by atoms with Gasteiger partial charge in [-0.3, -0.25) is 0 Å². The molecule has 0 saturated heterocycles. The van der Waals surface area contributed by atoms with E-state index < -0.39 is 0 Å². The van der Waals surface area contributed by atoms with Crippen LogP contribution in [0, 0.1) is 0 Å². The van der Waals surface area contributed by atoms with Gasteiger partial charge in [0, 0.05) is 22.0 Å². The van der Waals surface area contributed by atoms with Gasteiger partial charge in [0.05, 0.1) is 0 Å². The van der Waals surface area contributed by atoms with Crippen LogP contribution in [0.1, 0.15) is 91.1 Å². The minimum atomic E-state index is -0.211. The highest BCUT2D eigenvalue weighted by Gasteiger charge is 2.46. The first kappa shape index (κ1) is 30.3. The van der Waals surface area contributed by atoms with Crippen LogP contribution >= 0.6 is 0 Å². The van der Waals surface area contributed by atoms with Crippen molar-refractivity contribution in [2.45, 2.75) is 62.9 Å². The maximum atomic E-state index is 5.08. The molecule has 248 valence electrons. The van der Waals surface area contributed by atoms with Gasteiger partial charge in [0.15, 0.2) is 5.84 Å². The first-order valence-electron chi connectivity index (χ1n) is 18.6. The lowest BCUT2D eigenvalue weighted by Crippen LogP contribution is -2.33. The molecule has 1 aliphatic heterocycles. The van der Waals surface area contributed by atoms with Crippen LogP contribution in [0.4, 0.5) is 0 Å². The maximum absolute atomic E-state index is 5.08. The molecule has 51 heavy (non-hydrogen) atoms. The van der Waals surface area contributed by atoms with Gasteiger partial charge >= 0.3 is 0 Å². The van der Waals surface area contributed by atoms with Crippen LogP contribution in [0.2, 0.25) is 0 Å². The predicted molar refractivity (Wildman–Crippen MR) is 211 cm³/mol. The third-order valence-corrected chi connectivity index (χ3v) is 12.2. The molecule has 4 aliphatic rings. The Balaban J connectivity index is 1.01. The first-order chi connectivity index (χ1) is 25.0. The predicted octanol–water partition coefficient (Wildman–Crippen LogP) is 11.4. The fraction of sp³-hybridized carbons (Fsp3) is 0.208. The highest BCUT2D eigenvalue weighted by molar-refractivity contribution is 6.13. The summed E-state index contributed by atoms with van der Waals surface area (Å²) in [7, 11) is 0. The second-order valence-electron chi connectivity index (χ2n) is 15.3. The van der Waals surface area contributed by atoms with Crippen molar-refractivity contribution in [2.24, 2.45) is 9.98 Å². The Kier molecular flexibility index (Phi) is 6.83. The molecule has 1 saturated carbocycles. The first-order valence-corrected chi connectivity index (χ1v) is 18.6. The smallest absolute Gasteiger partial charge is 0.159 e. The standard InChI is InChI=1S/C48H41N3/c1-47(2)41-28-35(24-25-37(41)38-30-43-39(29-42(38)47)36-18-10-11-19-40(36)48(43)26-12-5-13-27-48)31-20-22-34(23-21-31)46-50-44(32-14-6-3-7-15-32)49-45(51-46)33-16-8-4-9-17-33/h3-4,6-11,14-25,28-30,44H,5,12-13,26-27H2,1-2H3,(H,49,50,51). The van der Waals surface area contributed by atoms with Crippen LogP contribution in [-0.2, 0) is 10.8 Å². The second kappa shape index (κ2) is 11.5. The zero-order chi connectivity index (χ0) is 34.2. The lowest BCUT2D eigenvalue weighted by Gasteiger charge is -2.36. The average molecular weight is 660 g/mol. The minimum Gasteiger partial charge on any atom is -0.344 e. The summed E-state index contributed by atoms with van der Waals surface area (Å²) < 4.78 is 0. The van der Waals surface area contributed by atoms with E-state index >= 15 is 0 Å². The summed E-state index contributed by atoms with van der Waals surface area (Å²) in [5.41, 5.74) is 17.4. The van der Waals surface area contributed by atoms with Crippen molar-refractivity contribution in [1.82, 2.24) is 5.32 Å². The van der Waals surface area contributed by atoms with E-state index in [1.807, 2.05) is 24.3 Å². The van der Waals surface area contributed by atoms with Gasteiger partial charge in [-0.05, 0) is 92.2 Å². The number of rotatable bonds is 4. The van der Waals surface area contributed by atoms with Gasteiger partial charge in [-0.1, -0.05) is 154 Å². The molecule has 6 aromatic rings. The van der Waals surface area contributed by atoms with E-state index in [9.17, 15) is 0 Å². The fourth-order valence-electron chi connectivity index (χ4n) is 9.49. The van der Waals surface area contributed by atoms with Gasteiger partial charge < -0.3 is 5.32 Å². The quantitative estimate of drug-likeness (QED) is 0.201. The van der Waals surface area contributed by atoms with Crippen LogP contribution in [0.15, 0.2) is 150 Å². The molecule has 1 N–H and O–H groups in total. The van der Waals surface area contributed by atoms with Crippen LogP contribution in [-0.4, -0.2) is 11.7 Å². The monoisotopic (exact) mass is 659 g/mol. The van der Waals surface area contributed by atoms with Crippen LogP contribution in [0.5, 0.6) is 0 Å². The Morgan fingerprint density at radius 1 is 0.510 bits per heavy atom. The molecular formula is C48H41N3. The van der Waals surface area contributed by atoms with Gasteiger partial charge in [-0.25, -0.2) is 9.98 Å². The Hall–Kier alpha value is -5.54. The van der Waals surface area contributed by atoms with E-state index in [4.69, 9.17) is 9.98 Å². The molecule has 1 fully saturated rings. The van der Waals surface area contributed by atoms with Gasteiger partial charge in [0.25, 0.3) is 0 Å². The molecule has 10 rings (SSSR count). The fourth-order valence-corrected chi connectivity index (χ4v) is 9.49. The van der Waals surface area contributed by atoms with Crippen molar-refractivity contribution < 1.29 is 0 Å².